The first-order chi connectivity index (χ1) is 5.77. The molecule has 0 aromatic heterocycles. The van der Waals surface area contributed by atoms with Crippen molar-refractivity contribution in [3.05, 3.63) is 53.0 Å². The molecule has 1 aliphatic rings. The molecule has 0 saturated carbocycles. The summed E-state index contributed by atoms with van der Waals surface area (Å²) < 4.78 is 0. The van der Waals surface area contributed by atoms with Gasteiger partial charge in [0, 0.05) is 0 Å². The van der Waals surface area contributed by atoms with Crippen molar-refractivity contribution in [3.8, 4) is 0 Å². The predicted molar refractivity (Wildman–Crippen MR) is 52.6 cm³/mol. The van der Waals surface area contributed by atoms with Crippen LogP contribution in [-0.4, -0.2) is 0 Å². The van der Waals surface area contributed by atoms with Crippen molar-refractivity contribution in [1.82, 2.24) is 0 Å². The summed E-state index contributed by atoms with van der Waals surface area (Å²) in [6.07, 6.45) is 3.81. The summed E-state index contributed by atoms with van der Waals surface area (Å²) in [5.41, 5.74) is 4.48. The maximum atomic E-state index is 4.13. The van der Waals surface area contributed by atoms with Crippen molar-refractivity contribution < 1.29 is 0 Å². The van der Waals surface area contributed by atoms with E-state index in [9.17, 15) is 0 Å². The molecule has 0 spiro atoms. The lowest BCUT2D eigenvalue weighted by Crippen LogP contribution is -1.90. The molecule has 0 atom stereocenters. The number of fused-ring (bicyclic) bond motifs is 1. The molecule has 0 unspecified atom stereocenters. The Hall–Kier alpha value is -1.50. The largest absolute Gasteiger partial charge is 0.664 e. The Bertz CT molecular complexity index is 361. The summed E-state index contributed by atoms with van der Waals surface area (Å²) in [6, 6.07) is 6.30. The fourth-order valence-electron chi connectivity index (χ4n) is 1.36. The highest BCUT2D eigenvalue weighted by molar-refractivity contribution is 5.84. The Morgan fingerprint density at radius 3 is 3.00 bits per heavy atom. The molecule has 2 rings (SSSR count). The molecule has 60 valence electrons. The van der Waals surface area contributed by atoms with Crippen LogP contribution < -0.4 is 0 Å². The van der Waals surface area contributed by atoms with E-state index < -0.39 is 0 Å². The molecule has 12 heavy (non-hydrogen) atoms. The van der Waals surface area contributed by atoms with Crippen LogP contribution in [-0.2, 0) is 0 Å². The van der Waals surface area contributed by atoms with Gasteiger partial charge in [0.15, 0.2) is 0 Å². The molecular weight excluding hydrogens is 146 g/mol. The normalized spacial score (nSPS) is 13.9. The van der Waals surface area contributed by atoms with Crippen LogP contribution in [0.15, 0.2) is 31.0 Å². The summed E-state index contributed by atoms with van der Waals surface area (Å²) in [5.74, 6) is 0. The molecule has 0 amide bonds. The quantitative estimate of drug-likeness (QED) is 0.547. The van der Waals surface area contributed by atoms with Gasteiger partial charge in [0.2, 0.25) is 0 Å². The van der Waals surface area contributed by atoms with Gasteiger partial charge in [0.05, 0.1) is 0 Å². The number of rotatable bonds is 0. The molecule has 1 heterocycles. The van der Waals surface area contributed by atoms with E-state index in [2.05, 4.69) is 37.0 Å². The van der Waals surface area contributed by atoms with E-state index in [-0.39, 0.29) is 0 Å². The third kappa shape index (κ3) is 1.03. The Labute approximate surface area is 72.4 Å². The molecule has 1 aromatic carbocycles. The lowest BCUT2D eigenvalue weighted by atomic mass is 10.0. The smallest absolute Gasteiger partial charge is 0.0212 e. The third-order valence-corrected chi connectivity index (χ3v) is 2.00. The molecule has 1 aliphatic heterocycles. The van der Waals surface area contributed by atoms with Gasteiger partial charge in [-0.3, -0.25) is 0 Å². The Balaban J connectivity index is 2.62. The third-order valence-electron chi connectivity index (χ3n) is 2.00. The molecule has 1 aromatic rings. The maximum absolute atomic E-state index is 4.13. The van der Waals surface area contributed by atoms with E-state index in [4.69, 9.17) is 0 Å². The van der Waals surface area contributed by atoms with Gasteiger partial charge in [-0.1, -0.05) is 29.8 Å². The molecule has 1 nitrogen and oxygen atoms in total. The molecule has 0 radical (unpaired) electrons. The van der Waals surface area contributed by atoms with Crippen LogP contribution in [0.25, 0.3) is 17.1 Å². The van der Waals surface area contributed by atoms with Gasteiger partial charge >= 0.3 is 0 Å². The zero-order chi connectivity index (χ0) is 8.55. The second-order valence-electron chi connectivity index (χ2n) is 2.98. The van der Waals surface area contributed by atoms with Gasteiger partial charge in [0.25, 0.3) is 0 Å². The Morgan fingerprint density at radius 2 is 2.17 bits per heavy atom. The summed E-state index contributed by atoms with van der Waals surface area (Å²) >= 11 is 0. The molecule has 0 fully saturated rings. The Kier molecular flexibility index (Phi) is 1.51. The van der Waals surface area contributed by atoms with Crippen molar-refractivity contribution >= 4 is 11.8 Å². The van der Waals surface area contributed by atoms with Crippen LogP contribution in [0, 0.1) is 6.92 Å². The van der Waals surface area contributed by atoms with E-state index >= 15 is 0 Å². The van der Waals surface area contributed by atoms with Crippen LogP contribution in [0.3, 0.4) is 0 Å². The molecular formula is C11H10N-. The van der Waals surface area contributed by atoms with Gasteiger partial charge < -0.3 is 5.32 Å². The minimum atomic E-state index is 0.854. The number of hydrogen-bond donors (Lipinski definition) is 0. The lowest BCUT2D eigenvalue weighted by Gasteiger charge is -2.26. The molecule has 0 aliphatic carbocycles. The van der Waals surface area contributed by atoms with E-state index in [0.29, 0.717) is 0 Å². The monoisotopic (exact) mass is 156 g/mol. The second kappa shape index (κ2) is 2.52. The number of nitrogens with zero attached hydrogens (tertiary/aromatic N) is 1. The maximum Gasteiger partial charge on any atom is -0.0212 e. The van der Waals surface area contributed by atoms with Crippen LogP contribution in [0.1, 0.15) is 16.7 Å². The van der Waals surface area contributed by atoms with Crippen molar-refractivity contribution in [1.29, 1.82) is 0 Å². The number of hydrogen-bond acceptors (Lipinski definition) is 0. The summed E-state index contributed by atoms with van der Waals surface area (Å²) in [5, 5.41) is 4.13. The van der Waals surface area contributed by atoms with Gasteiger partial charge in [-0.25, -0.2) is 0 Å². The topological polar surface area (TPSA) is 14.1 Å². The fraction of sp³-hybridized carbons (Fsp3) is 0.0909. The molecule has 0 saturated heterocycles. The predicted octanol–water partition coefficient (Wildman–Crippen LogP) is 3.32. The van der Waals surface area contributed by atoms with Gasteiger partial charge in [-0.15, -0.1) is 12.3 Å². The van der Waals surface area contributed by atoms with Crippen LogP contribution in [0.4, 0.5) is 0 Å². The minimum Gasteiger partial charge on any atom is -0.664 e. The van der Waals surface area contributed by atoms with Crippen LogP contribution in [0.2, 0.25) is 0 Å². The van der Waals surface area contributed by atoms with Crippen LogP contribution >= 0.6 is 0 Å². The highest BCUT2D eigenvalue weighted by Crippen LogP contribution is 2.29. The average Bonchev–Trinajstić information content (AvgIpc) is 2.04. The van der Waals surface area contributed by atoms with E-state index in [0.717, 1.165) is 11.3 Å². The summed E-state index contributed by atoms with van der Waals surface area (Å²) in [4.78, 5) is 0. The van der Waals surface area contributed by atoms with E-state index in [1.165, 1.54) is 11.1 Å². The van der Waals surface area contributed by atoms with Crippen molar-refractivity contribution in [2.75, 3.05) is 0 Å². The summed E-state index contributed by atoms with van der Waals surface area (Å²) in [6.45, 7) is 5.95. The van der Waals surface area contributed by atoms with Gasteiger partial charge in [-0.05, 0) is 18.1 Å². The van der Waals surface area contributed by atoms with Crippen LogP contribution in [0.5, 0.6) is 0 Å². The van der Waals surface area contributed by atoms with E-state index in [1.54, 1.807) is 6.20 Å². The van der Waals surface area contributed by atoms with Gasteiger partial charge in [0.1, 0.15) is 0 Å². The number of benzene rings is 1. The van der Waals surface area contributed by atoms with Gasteiger partial charge in [-0.2, -0.15) is 6.20 Å². The standard InChI is InChI=1S/C11H10N/c1-8-3-4-11-9(2)12-6-5-10(11)7-8/h3-7H,2H2,1H3/q-1. The Morgan fingerprint density at radius 1 is 1.33 bits per heavy atom. The van der Waals surface area contributed by atoms with Crippen molar-refractivity contribution in [2.45, 2.75) is 6.92 Å². The zero-order valence-corrected chi connectivity index (χ0v) is 7.04. The number of aryl methyl sites for hydroxylation is 1. The minimum absolute atomic E-state index is 0.854. The molecule has 0 N–H and O–H groups in total. The summed E-state index contributed by atoms with van der Waals surface area (Å²) in [7, 11) is 0. The van der Waals surface area contributed by atoms with Crippen molar-refractivity contribution in [3.63, 3.8) is 0 Å². The molecule has 1 heteroatoms. The SMILES string of the molecule is C=C1[N-]C=Cc2cc(C)ccc21. The average molecular weight is 156 g/mol. The lowest BCUT2D eigenvalue weighted by molar-refractivity contribution is 1.42. The fourth-order valence-corrected chi connectivity index (χ4v) is 1.36. The first-order valence-corrected chi connectivity index (χ1v) is 3.95. The first kappa shape index (κ1) is 7.17. The first-order valence-electron chi connectivity index (χ1n) is 3.95. The highest BCUT2D eigenvalue weighted by Gasteiger charge is 1.99. The zero-order valence-electron chi connectivity index (χ0n) is 7.04. The second-order valence-corrected chi connectivity index (χ2v) is 2.98. The van der Waals surface area contributed by atoms with E-state index in [1.807, 2.05) is 6.08 Å². The van der Waals surface area contributed by atoms with Crippen molar-refractivity contribution in [2.24, 2.45) is 0 Å². The molecule has 0 bridgehead atoms. The highest BCUT2D eigenvalue weighted by atomic mass is 14.9.